The molecule has 0 aliphatic carbocycles. The lowest BCUT2D eigenvalue weighted by molar-refractivity contribution is 0.00330. The van der Waals surface area contributed by atoms with Crippen LogP contribution in [0, 0.1) is 5.92 Å². The van der Waals surface area contributed by atoms with Crippen molar-refractivity contribution < 1.29 is 19.3 Å². The predicted octanol–water partition coefficient (Wildman–Crippen LogP) is 2.74. The van der Waals surface area contributed by atoms with Gasteiger partial charge in [-0.15, -0.1) is 12.4 Å². The zero-order valence-corrected chi connectivity index (χ0v) is 15.7. The number of benzene rings is 1. The number of hydrogen-bond donors (Lipinski definition) is 1. The molecule has 2 rings (SSSR count). The maximum absolute atomic E-state index is 10.2. The lowest BCUT2D eigenvalue weighted by atomic mass is 10.0. The Hall–Kier alpha value is -1.01. The van der Waals surface area contributed by atoms with Crippen LogP contribution in [-0.2, 0) is 11.3 Å². The van der Waals surface area contributed by atoms with Crippen LogP contribution >= 0.6 is 12.4 Å². The molecule has 138 valence electrons. The van der Waals surface area contributed by atoms with Gasteiger partial charge in [-0.3, -0.25) is 0 Å². The maximum atomic E-state index is 10.2. The summed E-state index contributed by atoms with van der Waals surface area (Å²) in [5.41, 5.74) is 0.922. The second kappa shape index (κ2) is 10.8. The van der Waals surface area contributed by atoms with Crippen molar-refractivity contribution in [3.05, 3.63) is 23.8 Å². The van der Waals surface area contributed by atoms with Gasteiger partial charge in [-0.05, 0) is 43.5 Å². The number of rotatable bonds is 8. The summed E-state index contributed by atoms with van der Waals surface area (Å²) >= 11 is 0. The smallest absolute Gasteiger partial charge is 0.124 e. The van der Waals surface area contributed by atoms with Crippen LogP contribution in [0.25, 0.3) is 0 Å². The third kappa shape index (κ3) is 6.48. The Morgan fingerprint density at radius 1 is 1.29 bits per heavy atom. The summed E-state index contributed by atoms with van der Waals surface area (Å²) in [5, 5.41) is 10.2. The molecule has 0 aromatic heterocycles. The summed E-state index contributed by atoms with van der Waals surface area (Å²) in [4.78, 5) is 2.33. The van der Waals surface area contributed by atoms with E-state index in [0.717, 1.165) is 36.1 Å². The molecule has 0 saturated carbocycles. The third-order valence-electron chi connectivity index (χ3n) is 4.27. The molecule has 1 heterocycles. The van der Waals surface area contributed by atoms with Gasteiger partial charge in [-0.2, -0.15) is 0 Å². The number of hydrogen-bond acceptors (Lipinski definition) is 5. The topological polar surface area (TPSA) is 51.2 Å². The van der Waals surface area contributed by atoms with E-state index in [-0.39, 0.29) is 12.4 Å². The van der Waals surface area contributed by atoms with E-state index in [9.17, 15) is 5.11 Å². The summed E-state index contributed by atoms with van der Waals surface area (Å²) in [6.07, 6.45) is 2.05. The largest absolute Gasteiger partial charge is 0.497 e. The van der Waals surface area contributed by atoms with E-state index >= 15 is 0 Å². The molecular formula is C18H30ClNO4. The van der Waals surface area contributed by atoms with Gasteiger partial charge in [0, 0.05) is 18.7 Å². The van der Waals surface area contributed by atoms with Crippen LogP contribution in [-0.4, -0.2) is 56.6 Å². The molecule has 24 heavy (non-hydrogen) atoms. The van der Waals surface area contributed by atoms with Crippen LogP contribution in [0.4, 0.5) is 0 Å². The highest BCUT2D eigenvalue weighted by atomic mass is 35.5. The van der Waals surface area contributed by atoms with Gasteiger partial charge in [-0.25, -0.2) is 0 Å². The minimum atomic E-state index is -0.461. The van der Waals surface area contributed by atoms with E-state index < -0.39 is 6.10 Å². The molecular weight excluding hydrogens is 330 g/mol. The Balaban J connectivity index is 0.00000288. The monoisotopic (exact) mass is 359 g/mol. The van der Waals surface area contributed by atoms with Gasteiger partial charge < -0.3 is 24.2 Å². The zero-order chi connectivity index (χ0) is 16.7. The number of β-amino-alcohol motifs (C(OH)–C–C–N with tert-alkyl or cyclic N) is 1. The normalized spacial score (nSPS) is 19.4. The van der Waals surface area contributed by atoms with Gasteiger partial charge >= 0.3 is 0 Å². The molecule has 1 saturated heterocycles. The quantitative estimate of drug-likeness (QED) is 0.773. The molecule has 6 heteroatoms. The lowest BCUT2D eigenvalue weighted by Gasteiger charge is -2.32. The van der Waals surface area contributed by atoms with E-state index in [4.69, 9.17) is 14.2 Å². The van der Waals surface area contributed by atoms with Crippen molar-refractivity contribution in [3.63, 3.8) is 0 Å². The molecule has 0 spiro atoms. The summed E-state index contributed by atoms with van der Waals surface area (Å²) in [7, 11) is 3.27. The minimum absolute atomic E-state index is 0. The molecule has 0 bridgehead atoms. The van der Waals surface area contributed by atoms with Crippen LogP contribution in [0.5, 0.6) is 11.5 Å². The van der Waals surface area contributed by atoms with Crippen molar-refractivity contribution in [2.45, 2.75) is 32.5 Å². The van der Waals surface area contributed by atoms with Gasteiger partial charge in [0.1, 0.15) is 11.5 Å². The Bertz CT molecular complexity index is 486. The number of aliphatic hydroxyl groups is 1. The molecule has 0 radical (unpaired) electrons. The number of nitrogens with zero attached hydrogens (tertiary/aromatic N) is 1. The van der Waals surface area contributed by atoms with Gasteiger partial charge in [0.05, 0.1) is 33.5 Å². The van der Waals surface area contributed by atoms with E-state index in [0.29, 0.717) is 19.8 Å². The molecule has 2 atom stereocenters. The number of methoxy groups -OCH3 is 2. The molecule has 1 aromatic rings. The summed E-state index contributed by atoms with van der Waals surface area (Å²) < 4.78 is 16.2. The zero-order valence-electron chi connectivity index (χ0n) is 14.9. The van der Waals surface area contributed by atoms with Crippen LogP contribution in [0.15, 0.2) is 18.2 Å². The highest BCUT2D eigenvalue weighted by molar-refractivity contribution is 5.85. The van der Waals surface area contributed by atoms with Crippen LogP contribution in [0.3, 0.4) is 0 Å². The van der Waals surface area contributed by atoms with Gasteiger partial charge in [-0.1, -0.05) is 6.92 Å². The van der Waals surface area contributed by atoms with Crippen LogP contribution in [0.2, 0.25) is 0 Å². The summed E-state index contributed by atoms with van der Waals surface area (Å²) in [6.45, 7) is 5.81. The third-order valence-corrected chi connectivity index (χ3v) is 4.27. The Morgan fingerprint density at radius 3 is 2.75 bits per heavy atom. The number of aliphatic hydroxyl groups excluding tert-OH is 1. The molecule has 1 aromatic carbocycles. The second-order valence-electron chi connectivity index (χ2n) is 6.35. The summed E-state index contributed by atoms with van der Waals surface area (Å²) in [6, 6.07) is 5.62. The molecule has 5 nitrogen and oxygen atoms in total. The first kappa shape index (κ1) is 21.0. The molecule has 2 unspecified atom stereocenters. The second-order valence-corrected chi connectivity index (χ2v) is 6.35. The molecule has 0 amide bonds. The Kier molecular flexibility index (Phi) is 9.44. The fraction of sp³-hybridized carbons (Fsp3) is 0.667. The van der Waals surface area contributed by atoms with Crippen molar-refractivity contribution in [2.75, 3.05) is 40.5 Å². The fourth-order valence-electron chi connectivity index (χ4n) is 3.10. The summed E-state index contributed by atoms with van der Waals surface area (Å²) in [5.74, 6) is 2.26. The van der Waals surface area contributed by atoms with Crippen molar-refractivity contribution in [3.8, 4) is 11.5 Å². The highest BCUT2D eigenvalue weighted by Gasteiger charge is 2.19. The van der Waals surface area contributed by atoms with Crippen molar-refractivity contribution in [1.82, 2.24) is 4.90 Å². The number of likely N-dealkylation sites (tertiary alicyclic amines) is 1. The molecule has 1 N–H and O–H groups in total. The van der Waals surface area contributed by atoms with E-state index in [1.807, 2.05) is 18.2 Å². The van der Waals surface area contributed by atoms with Crippen molar-refractivity contribution in [2.24, 2.45) is 5.92 Å². The van der Waals surface area contributed by atoms with Crippen LogP contribution in [0.1, 0.15) is 25.3 Å². The van der Waals surface area contributed by atoms with Crippen molar-refractivity contribution >= 4 is 12.4 Å². The predicted molar refractivity (Wildman–Crippen MR) is 97.3 cm³/mol. The highest BCUT2D eigenvalue weighted by Crippen LogP contribution is 2.24. The molecule has 1 aliphatic heterocycles. The van der Waals surface area contributed by atoms with E-state index in [2.05, 4.69) is 11.8 Å². The molecule has 1 aliphatic rings. The van der Waals surface area contributed by atoms with Gasteiger partial charge in [0.2, 0.25) is 0 Å². The number of piperidine rings is 1. The standard InChI is InChI=1S/C18H29NO4.ClH/c1-14-5-4-8-19(10-14)11-16(20)13-23-12-15-9-17(21-2)6-7-18(15)22-3;/h6-7,9,14,16,20H,4-5,8,10-13H2,1-3H3;1H. The first-order valence-electron chi connectivity index (χ1n) is 8.31. The Labute approximate surface area is 151 Å². The SMILES string of the molecule is COc1ccc(OC)c(COCC(O)CN2CCCC(C)C2)c1.Cl. The van der Waals surface area contributed by atoms with Crippen LogP contribution < -0.4 is 9.47 Å². The maximum Gasteiger partial charge on any atom is 0.124 e. The lowest BCUT2D eigenvalue weighted by Crippen LogP contribution is -2.40. The minimum Gasteiger partial charge on any atom is -0.497 e. The van der Waals surface area contributed by atoms with E-state index in [1.165, 1.54) is 12.8 Å². The first-order chi connectivity index (χ1) is 11.1. The van der Waals surface area contributed by atoms with E-state index in [1.54, 1.807) is 14.2 Å². The molecule has 1 fully saturated rings. The van der Waals surface area contributed by atoms with Crippen molar-refractivity contribution in [1.29, 1.82) is 0 Å². The van der Waals surface area contributed by atoms with Gasteiger partial charge in [0.25, 0.3) is 0 Å². The average molecular weight is 360 g/mol. The number of halogens is 1. The number of ether oxygens (including phenoxy) is 3. The van der Waals surface area contributed by atoms with Gasteiger partial charge in [0.15, 0.2) is 0 Å². The first-order valence-corrected chi connectivity index (χ1v) is 8.31. The Morgan fingerprint density at radius 2 is 2.08 bits per heavy atom. The fourth-order valence-corrected chi connectivity index (χ4v) is 3.10. The average Bonchev–Trinajstić information content (AvgIpc) is 2.54.